The van der Waals surface area contributed by atoms with Gasteiger partial charge in [0, 0.05) is 23.5 Å². The van der Waals surface area contributed by atoms with Crippen LogP contribution in [0, 0.1) is 11.8 Å². The summed E-state index contributed by atoms with van der Waals surface area (Å²) in [5.41, 5.74) is 12.9. The fourth-order valence-electron chi connectivity index (χ4n) is 5.50. The largest absolute Gasteiger partial charge is 0.480 e. The second kappa shape index (κ2) is 21.0. The summed E-state index contributed by atoms with van der Waals surface area (Å²) < 4.78 is 0. The number of hydrogen-bond donors (Lipinski definition) is 10. The molecule has 6 atom stereocenters. The summed E-state index contributed by atoms with van der Waals surface area (Å²) in [5, 5.41) is 33.6. The Morgan fingerprint density at radius 1 is 0.784 bits per heavy atom. The van der Waals surface area contributed by atoms with E-state index in [9.17, 15) is 39.0 Å². The number of amides is 5. The lowest BCUT2D eigenvalue weighted by Gasteiger charge is -2.26. The van der Waals surface area contributed by atoms with E-state index in [4.69, 9.17) is 11.5 Å². The normalized spacial score (nSPS) is 14.9. The van der Waals surface area contributed by atoms with Gasteiger partial charge in [-0.25, -0.2) is 4.79 Å². The number of aliphatic hydroxyl groups excluding tert-OH is 1. The average Bonchev–Trinajstić information content (AvgIpc) is 3.46. The number of benzene rings is 1. The number of hydrogen-bond acceptors (Lipinski definition) is 9. The number of carbonyl (C=O) groups is 6. The quantitative estimate of drug-likeness (QED) is 0.0716. The van der Waals surface area contributed by atoms with Gasteiger partial charge in [-0.3, -0.25) is 24.0 Å². The van der Waals surface area contributed by atoms with Crippen molar-refractivity contribution in [2.45, 2.75) is 109 Å². The summed E-state index contributed by atoms with van der Waals surface area (Å²) in [6.45, 7) is 8.51. The third kappa shape index (κ3) is 14.3. The van der Waals surface area contributed by atoms with Gasteiger partial charge in [0.25, 0.3) is 0 Å². The molecule has 0 unspecified atom stereocenters. The average molecular weight is 717 g/mol. The van der Waals surface area contributed by atoms with Crippen LogP contribution in [0.25, 0.3) is 10.9 Å². The Labute approximate surface area is 298 Å². The lowest BCUT2D eigenvalue weighted by Crippen LogP contribution is -2.59. The van der Waals surface area contributed by atoms with Crippen molar-refractivity contribution in [2.24, 2.45) is 23.3 Å². The molecule has 0 saturated carbocycles. The molecule has 0 spiro atoms. The number of aliphatic carboxylic acids is 1. The summed E-state index contributed by atoms with van der Waals surface area (Å²) in [5.74, 6) is -4.90. The number of unbranched alkanes of at least 4 members (excludes halogenated alkanes) is 1. The van der Waals surface area contributed by atoms with Crippen LogP contribution in [0.3, 0.4) is 0 Å². The highest BCUT2D eigenvalue weighted by Crippen LogP contribution is 2.19. The SMILES string of the molecule is CC(C)C[C@H](NC(=O)[C@H](Cc1c[nH]c2ccccc12)NC(=O)[C@@H](NC(=O)CNC(=O)[C@H](CC(C)C)NC(=O)[C@@H](N)CCCCN)[C@@H](C)O)C(=O)O. The smallest absolute Gasteiger partial charge is 0.326 e. The number of H-pyrrole nitrogens is 1. The number of nitrogens with two attached hydrogens (primary N) is 2. The number of aliphatic hydroxyl groups is 1. The second-order valence-corrected chi connectivity index (χ2v) is 13.7. The molecule has 1 aromatic heterocycles. The van der Waals surface area contributed by atoms with Crippen LogP contribution in [0.4, 0.5) is 0 Å². The Kier molecular flexibility index (Phi) is 17.5. The summed E-state index contributed by atoms with van der Waals surface area (Å²) in [6.07, 6.45) is 2.39. The molecule has 12 N–H and O–H groups in total. The third-order valence-corrected chi connectivity index (χ3v) is 8.20. The highest BCUT2D eigenvalue weighted by Gasteiger charge is 2.33. The maximum atomic E-state index is 13.5. The molecule has 1 aromatic carbocycles. The molecule has 5 amide bonds. The van der Waals surface area contributed by atoms with E-state index in [1.165, 1.54) is 6.92 Å². The minimum atomic E-state index is -1.55. The number of aromatic nitrogens is 1. The summed E-state index contributed by atoms with van der Waals surface area (Å²) in [7, 11) is 0. The van der Waals surface area contributed by atoms with Gasteiger partial charge in [0.15, 0.2) is 0 Å². The van der Waals surface area contributed by atoms with Gasteiger partial charge in [-0.15, -0.1) is 0 Å². The van der Waals surface area contributed by atoms with Crippen LogP contribution in [-0.4, -0.2) is 100 Å². The summed E-state index contributed by atoms with van der Waals surface area (Å²) >= 11 is 0. The third-order valence-electron chi connectivity index (χ3n) is 8.20. The van der Waals surface area contributed by atoms with Crippen molar-refractivity contribution in [3.05, 3.63) is 36.0 Å². The Balaban J connectivity index is 2.16. The fraction of sp³-hybridized carbons (Fsp3) is 0.600. The number of rotatable bonds is 22. The molecule has 1 heterocycles. The van der Waals surface area contributed by atoms with E-state index >= 15 is 0 Å². The standard InChI is InChI=1S/C35H56N8O8/c1-19(2)14-26(40-31(46)24(37)11-8-9-13-36)32(47)39-18-29(45)43-30(21(5)44)34(49)41-27(33(48)42-28(35(50)51)15-20(3)4)16-22-17-38-25-12-7-6-10-23(22)25/h6-7,10,12,17,19-21,24,26-28,30,38,44H,8-9,11,13-16,18,36-37H2,1-5H3,(H,39,47)(H,40,46)(H,41,49)(H,42,48)(H,43,45)(H,50,51)/t21-,24+,26+,27+,28+,30+/m1/s1. The number of nitrogens with one attached hydrogen (secondary N) is 6. The molecule has 2 aromatic rings. The zero-order valence-corrected chi connectivity index (χ0v) is 30.2. The van der Waals surface area contributed by atoms with E-state index in [0.29, 0.717) is 31.4 Å². The molecule has 0 saturated heterocycles. The van der Waals surface area contributed by atoms with Crippen molar-refractivity contribution in [3.63, 3.8) is 0 Å². The Hall–Kier alpha value is -4.54. The molecule has 51 heavy (non-hydrogen) atoms. The van der Waals surface area contributed by atoms with Crippen molar-refractivity contribution in [2.75, 3.05) is 13.1 Å². The van der Waals surface area contributed by atoms with E-state index in [1.807, 2.05) is 52.0 Å². The zero-order valence-electron chi connectivity index (χ0n) is 30.2. The van der Waals surface area contributed by atoms with Crippen molar-refractivity contribution in [1.82, 2.24) is 31.6 Å². The number of para-hydroxylation sites is 1. The van der Waals surface area contributed by atoms with Gasteiger partial charge >= 0.3 is 5.97 Å². The molecule has 0 aliphatic rings. The fourth-order valence-corrected chi connectivity index (χ4v) is 5.50. The zero-order chi connectivity index (χ0) is 38.2. The minimum Gasteiger partial charge on any atom is -0.480 e. The molecule has 16 nitrogen and oxygen atoms in total. The molecule has 16 heteroatoms. The highest BCUT2D eigenvalue weighted by molar-refractivity contribution is 5.96. The van der Waals surface area contributed by atoms with Gasteiger partial charge in [0.1, 0.15) is 24.2 Å². The van der Waals surface area contributed by atoms with Crippen LogP contribution in [0.5, 0.6) is 0 Å². The number of carbonyl (C=O) groups excluding carboxylic acids is 5. The van der Waals surface area contributed by atoms with Crippen LogP contribution in [0.15, 0.2) is 30.5 Å². The molecule has 2 rings (SSSR count). The molecule has 0 aliphatic carbocycles. The molecule has 284 valence electrons. The lowest BCUT2D eigenvalue weighted by molar-refractivity contribution is -0.143. The van der Waals surface area contributed by atoms with E-state index in [0.717, 1.165) is 10.9 Å². The first-order chi connectivity index (χ1) is 24.0. The first-order valence-corrected chi connectivity index (χ1v) is 17.4. The molecule has 0 bridgehead atoms. The predicted molar refractivity (Wildman–Crippen MR) is 192 cm³/mol. The van der Waals surface area contributed by atoms with Crippen LogP contribution in [0.2, 0.25) is 0 Å². The summed E-state index contributed by atoms with van der Waals surface area (Å²) in [4.78, 5) is 80.7. The lowest BCUT2D eigenvalue weighted by atomic mass is 10.0. The number of carboxylic acid groups (broad SMARTS) is 1. The molecular weight excluding hydrogens is 660 g/mol. The van der Waals surface area contributed by atoms with Crippen molar-refractivity contribution in [3.8, 4) is 0 Å². The van der Waals surface area contributed by atoms with Crippen molar-refractivity contribution >= 4 is 46.4 Å². The molecule has 0 aliphatic heterocycles. The topological polar surface area (TPSA) is 271 Å². The monoisotopic (exact) mass is 716 g/mol. The van der Waals surface area contributed by atoms with E-state index < -0.39 is 78.4 Å². The van der Waals surface area contributed by atoms with Crippen molar-refractivity contribution < 1.29 is 39.0 Å². The van der Waals surface area contributed by atoms with Crippen LogP contribution in [-0.2, 0) is 35.2 Å². The van der Waals surface area contributed by atoms with Gasteiger partial charge in [-0.1, -0.05) is 52.3 Å². The Morgan fingerprint density at radius 2 is 1.39 bits per heavy atom. The van der Waals surface area contributed by atoms with Gasteiger partial charge in [-0.2, -0.15) is 0 Å². The maximum Gasteiger partial charge on any atom is 0.326 e. The molecule has 0 fully saturated rings. The number of fused-ring (bicyclic) bond motifs is 1. The van der Waals surface area contributed by atoms with Gasteiger partial charge in [-0.05, 0) is 62.6 Å². The first-order valence-electron chi connectivity index (χ1n) is 17.4. The first kappa shape index (κ1) is 42.6. The predicted octanol–water partition coefficient (Wildman–Crippen LogP) is -0.220. The number of aromatic amines is 1. The van der Waals surface area contributed by atoms with Crippen LogP contribution in [0.1, 0.15) is 72.3 Å². The number of carboxylic acids is 1. The highest BCUT2D eigenvalue weighted by atomic mass is 16.4. The minimum absolute atomic E-state index is 0.0113. The Morgan fingerprint density at radius 3 is 2.00 bits per heavy atom. The Bertz CT molecular complexity index is 1480. The van der Waals surface area contributed by atoms with E-state index in [2.05, 4.69) is 31.6 Å². The van der Waals surface area contributed by atoms with Gasteiger partial charge in [0.05, 0.1) is 18.7 Å². The van der Waals surface area contributed by atoms with E-state index in [1.54, 1.807) is 6.20 Å². The van der Waals surface area contributed by atoms with Crippen LogP contribution < -0.4 is 38.1 Å². The van der Waals surface area contributed by atoms with E-state index in [-0.39, 0.29) is 31.1 Å². The summed E-state index contributed by atoms with van der Waals surface area (Å²) in [6, 6.07) is 1.46. The van der Waals surface area contributed by atoms with Gasteiger partial charge < -0.3 is 53.2 Å². The molecule has 0 radical (unpaired) electrons. The molecular formula is C35H56N8O8. The van der Waals surface area contributed by atoms with Gasteiger partial charge in [0.2, 0.25) is 29.5 Å². The van der Waals surface area contributed by atoms with Crippen LogP contribution >= 0.6 is 0 Å². The second-order valence-electron chi connectivity index (χ2n) is 13.7. The van der Waals surface area contributed by atoms with Crippen molar-refractivity contribution in [1.29, 1.82) is 0 Å². The maximum absolute atomic E-state index is 13.5.